The second kappa shape index (κ2) is 5.86. The van der Waals surface area contributed by atoms with Gasteiger partial charge in [-0.1, -0.05) is 6.07 Å². The van der Waals surface area contributed by atoms with Gasteiger partial charge in [0.25, 0.3) is 0 Å². The molecule has 1 aromatic rings. The summed E-state index contributed by atoms with van der Waals surface area (Å²) in [4.78, 5) is 10.4. The third-order valence-corrected chi connectivity index (χ3v) is 3.00. The molecule has 0 spiro atoms. The summed E-state index contributed by atoms with van der Waals surface area (Å²) in [5.41, 5.74) is -2.03. The van der Waals surface area contributed by atoms with E-state index < -0.39 is 34.3 Å². The second-order valence-corrected chi connectivity index (χ2v) is 4.41. The van der Waals surface area contributed by atoms with Gasteiger partial charge >= 0.3 is 18.1 Å². The van der Waals surface area contributed by atoms with Crippen LogP contribution in [0.25, 0.3) is 5.57 Å². The number of esters is 1. The molecule has 0 aliphatic carbocycles. The minimum atomic E-state index is -6.03. The van der Waals surface area contributed by atoms with Crippen LogP contribution in [0.2, 0.25) is 0 Å². The predicted octanol–water partition coefficient (Wildman–Crippen LogP) is 4.19. The lowest BCUT2D eigenvalue weighted by Crippen LogP contribution is -2.38. The van der Waals surface area contributed by atoms with Gasteiger partial charge in [-0.05, 0) is 18.4 Å². The van der Waals surface area contributed by atoms with Crippen LogP contribution in [-0.2, 0) is 9.53 Å². The standard InChI is InChI=1S/C11H8F6O2S/c1-2-19-9(18)8(12)7(6-4-3-5-20-6)10(13,14)11(15,16)17/h3-5H,2H2,1H3/b8-7-. The first-order valence-electron chi connectivity index (χ1n) is 5.18. The molecule has 0 N–H and O–H groups in total. The smallest absolute Gasteiger partial charge is 0.458 e. The van der Waals surface area contributed by atoms with Crippen LogP contribution in [0, 0.1) is 0 Å². The highest BCUT2D eigenvalue weighted by molar-refractivity contribution is 7.11. The van der Waals surface area contributed by atoms with Crippen LogP contribution in [0.4, 0.5) is 26.3 Å². The molecule has 9 heteroatoms. The van der Waals surface area contributed by atoms with E-state index in [4.69, 9.17) is 0 Å². The van der Waals surface area contributed by atoms with E-state index in [1.165, 1.54) is 12.3 Å². The molecule has 0 aliphatic rings. The van der Waals surface area contributed by atoms with Crippen molar-refractivity contribution in [3.63, 3.8) is 0 Å². The number of hydrogen-bond donors (Lipinski definition) is 0. The van der Waals surface area contributed by atoms with Gasteiger partial charge in [0.15, 0.2) is 0 Å². The van der Waals surface area contributed by atoms with Crippen molar-refractivity contribution in [3.05, 3.63) is 28.2 Å². The Morgan fingerprint density at radius 1 is 1.30 bits per heavy atom. The number of hydrogen-bond acceptors (Lipinski definition) is 3. The van der Waals surface area contributed by atoms with Crippen molar-refractivity contribution < 1.29 is 35.9 Å². The molecule has 2 nitrogen and oxygen atoms in total. The number of carbonyl (C=O) groups is 1. The molecule has 0 unspecified atom stereocenters. The van der Waals surface area contributed by atoms with Crippen LogP contribution in [0.15, 0.2) is 23.3 Å². The number of ether oxygens (including phenoxy) is 1. The molecule has 0 fully saturated rings. The molecule has 1 aromatic heterocycles. The minimum Gasteiger partial charge on any atom is -0.461 e. The summed E-state index contributed by atoms with van der Waals surface area (Å²) < 4.78 is 81.7. The Balaban J connectivity index is 3.46. The number of carbonyl (C=O) groups excluding carboxylic acids is 1. The zero-order valence-electron chi connectivity index (χ0n) is 9.93. The fraction of sp³-hybridized carbons (Fsp3) is 0.364. The van der Waals surface area contributed by atoms with Crippen molar-refractivity contribution in [2.24, 2.45) is 0 Å². The maximum Gasteiger partial charge on any atom is 0.458 e. The van der Waals surface area contributed by atoms with E-state index >= 15 is 0 Å². The molecule has 0 radical (unpaired) electrons. The van der Waals surface area contributed by atoms with Crippen LogP contribution < -0.4 is 0 Å². The molecule has 0 aliphatic heterocycles. The number of thiophene rings is 1. The van der Waals surface area contributed by atoms with Gasteiger partial charge in [0.05, 0.1) is 12.2 Å². The Kier molecular flexibility index (Phi) is 4.85. The summed E-state index contributed by atoms with van der Waals surface area (Å²) in [6.07, 6.45) is -6.03. The van der Waals surface area contributed by atoms with Crippen LogP contribution in [0.5, 0.6) is 0 Å². The maximum absolute atomic E-state index is 13.7. The number of halogens is 6. The fourth-order valence-electron chi connectivity index (χ4n) is 1.26. The Hall–Kier alpha value is -1.51. The number of rotatable bonds is 4. The summed E-state index contributed by atoms with van der Waals surface area (Å²) in [5, 5.41) is 1.18. The molecular weight excluding hydrogens is 310 g/mol. The lowest BCUT2D eigenvalue weighted by Gasteiger charge is -2.22. The molecule has 0 bridgehead atoms. The molecule has 0 atom stereocenters. The van der Waals surface area contributed by atoms with Gasteiger partial charge in [0, 0.05) is 4.88 Å². The molecule has 0 amide bonds. The van der Waals surface area contributed by atoms with E-state index in [1.54, 1.807) is 0 Å². The summed E-state index contributed by atoms with van der Waals surface area (Å²) in [6, 6.07) is 2.02. The average Bonchev–Trinajstić information content (AvgIpc) is 2.81. The first-order valence-corrected chi connectivity index (χ1v) is 6.06. The zero-order chi connectivity index (χ0) is 15.6. The minimum absolute atomic E-state index is 0.360. The Morgan fingerprint density at radius 3 is 2.30 bits per heavy atom. The summed E-state index contributed by atoms with van der Waals surface area (Å²) in [5.74, 6) is -9.62. The summed E-state index contributed by atoms with van der Waals surface area (Å²) in [6.45, 7) is 0.902. The maximum atomic E-state index is 13.7. The van der Waals surface area contributed by atoms with Gasteiger partial charge in [-0.15, -0.1) is 11.3 Å². The normalized spacial score (nSPS) is 13.9. The van der Waals surface area contributed by atoms with E-state index in [-0.39, 0.29) is 6.61 Å². The fourth-order valence-corrected chi connectivity index (χ4v) is 2.06. The molecule has 20 heavy (non-hydrogen) atoms. The summed E-state index contributed by atoms with van der Waals surface area (Å²) >= 11 is 0.452. The van der Waals surface area contributed by atoms with Crippen LogP contribution in [0.3, 0.4) is 0 Å². The topological polar surface area (TPSA) is 26.3 Å². The van der Waals surface area contributed by atoms with Crippen LogP contribution >= 0.6 is 11.3 Å². The molecule has 112 valence electrons. The molecular formula is C11H8F6O2S. The van der Waals surface area contributed by atoms with Crippen LogP contribution in [-0.4, -0.2) is 24.7 Å². The molecule has 1 heterocycles. The molecule has 0 saturated carbocycles. The number of alkyl halides is 5. The third kappa shape index (κ3) is 3.14. The first-order chi connectivity index (χ1) is 9.13. The van der Waals surface area contributed by atoms with Crippen molar-refractivity contribution in [1.29, 1.82) is 0 Å². The van der Waals surface area contributed by atoms with Crippen molar-refractivity contribution >= 4 is 22.9 Å². The van der Waals surface area contributed by atoms with Gasteiger partial charge < -0.3 is 4.74 Å². The SMILES string of the molecule is CCOC(=O)/C(F)=C(\c1cccs1)C(F)(F)C(F)(F)F. The second-order valence-electron chi connectivity index (χ2n) is 3.46. The third-order valence-electron chi connectivity index (χ3n) is 2.11. The zero-order valence-corrected chi connectivity index (χ0v) is 10.7. The van der Waals surface area contributed by atoms with E-state index in [2.05, 4.69) is 4.74 Å². The van der Waals surface area contributed by atoms with Crippen molar-refractivity contribution in [1.82, 2.24) is 0 Å². The molecule has 0 saturated heterocycles. The lowest BCUT2D eigenvalue weighted by molar-refractivity contribution is -0.254. The highest BCUT2D eigenvalue weighted by Crippen LogP contribution is 2.48. The van der Waals surface area contributed by atoms with E-state index in [1.807, 2.05) is 0 Å². The van der Waals surface area contributed by atoms with E-state index in [0.717, 1.165) is 12.1 Å². The monoisotopic (exact) mass is 318 g/mol. The van der Waals surface area contributed by atoms with Gasteiger partial charge in [-0.25, -0.2) is 4.79 Å². The van der Waals surface area contributed by atoms with Gasteiger partial charge in [-0.3, -0.25) is 0 Å². The number of allylic oxidation sites excluding steroid dienone is 1. The highest BCUT2D eigenvalue weighted by atomic mass is 32.1. The first kappa shape index (κ1) is 16.5. The molecule has 1 rings (SSSR count). The largest absolute Gasteiger partial charge is 0.461 e. The van der Waals surface area contributed by atoms with Gasteiger partial charge in [0.2, 0.25) is 5.83 Å². The van der Waals surface area contributed by atoms with Crippen molar-refractivity contribution in [2.75, 3.05) is 6.61 Å². The van der Waals surface area contributed by atoms with Gasteiger partial charge in [0.1, 0.15) is 0 Å². The lowest BCUT2D eigenvalue weighted by atomic mass is 10.1. The summed E-state index contributed by atoms with van der Waals surface area (Å²) in [7, 11) is 0. The van der Waals surface area contributed by atoms with Crippen molar-refractivity contribution in [3.8, 4) is 0 Å². The Bertz CT molecular complexity index is 503. The predicted molar refractivity (Wildman–Crippen MR) is 60.0 cm³/mol. The van der Waals surface area contributed by atoms with Crippen molar-refractivity contribution in [2.45, 2.75) is 19.0 Å². The quantitative estimate of drug-likeness (QED) is 0.473. The van der Waals surface area contributed by atoms with E-state index in [0.29, 0.717) is 11.3 Å². The molecule has 0 aromatic carbocycles. The average molecular weight is 318 g/mol. The van der Waals surface area contributed by atoms with Gasteiger partial charge in [-0.2, -0.15) is 26.3 Å². The Labute approximate surface area is 113 Å². The van der Waals surface area contributed by atoms with Crippen LogP contribution in [0.1, 0.15) is 11.8 Å². The highest BCUT2D eigenvalue weighted by Gasteiger charge is 2.62. The Morgan fingerprint density at radius 2 is 1.90 bits per heavy atom. The van der Waals surface area contributed by atoms with E-state index in [9.17, 15) is 31.1 Å².